The van der Waals surface area contributed by atoms with Crippen LogP contribution in [0.25, 0.3) is 0 Å². The van der Waals surface area contributed by atoms with Crippen molar-refractivity contribution in [3.63, 3.8) is 0 Å². The molecule has 17 heavy (non-hydrogen) atoms. The summed E-state index contributed by atoms with van der Waals surface area (Å²) in [7, 11) is 0. The second kappa shape index (κ2) is 6.09. The van der Waals surface area contributed by atoms with E-state index in [-0.39, 0.29) is 23.5 Å². The van der Waals surface area contributed by atoms with Crippen LogP contribution in [-0.4, -0.2) is 33.5 Å². The summed E-state index contributed by atoms with van der Waals surface area (Å²) >= 11 is 4.79. The van der Waals surface area contributed by atoms with Crippen LogP contribution < -0.4 is 16.4 Å². The Morgan fingerprint density at radius 3 is 2.88 bits per heavy atom. The Labute approximate surface area is 105 Å². The van der Waals surface area contributed by atoms with Gasteiger partial charge in [-0.3, -0.25) is 4.79 Å². The Balaban J connectivity index is 2.54. The van der Waals surface area contributed by atoms with Gasteiger partial charge in [-0.15, -0.1) is 0 Å². The molecule has 4 N–H and O–H groups in total. The zero-order valence-electron chi connectivity index (χ0n) is 9.73. The summed E-state index contributed by atoms with van der Waals surface area (Å²) < 4.78 is 0. The molecule has 1 aromatic rings. The molecule has 0 fully saturated rings. The molecule has 1 amide bonds. The van der Waals surface area contributed by atoms with Crippen LogP contribution in [0.5, 0.6) is 0 Å². The third-order valence-corrected chi connectivity index (χ3v) is 1.97. The molecule has 0 aliphatic heterocycles. The molecule has 1 aromatic heterocycles. The number of anilines is 1. The molecule has 0 unspecified atom stereocenters. The molecular weight excluding hydrogens is 238 g/mol. The molecule has 0 bridgehead atoms. The highest BCUT2D eigenvalue weighted by atomic mass is 32.1. The molecule has 0 saturated carbocycles. The molecular formula is C10H15N5OS. The van der Waals surface area contributed by atoms with E-state index in [1.54, 1.807) is 6.07 Å². The topological polar surface area (TPSA) is 92.9 Å². The number of thiocarbonyl (C=S) groups is 1. The van der Waals surface area contributed by atoms with Crippen LogP contribution in [0.4, 0.5) is 5.95 Å². The van der Waals surface area contributed by atoms with Crippen LogP contribution in [0, 0.1) is 0 Å². The van der Waals surface area contributed by atoms with E-state index in [0.29, 0.717) is 11.6 Å². The smallest absolute Gasteiger partial charge is 0.239 e. The highest BCUT2D eigenvalue weighted by Crippen LogP contribution is 1.99. The number of nitrogens with one attached hydrogen (secondary N) is 2. The summed E-state index contributed by atoms with van der Waals surface area (Å²) in [4.78, 5) is 19.6. The number of aromatic nitrogens is 2. The van der Waals surface area contributed by atoms with Crippen LogP contribution in [0.1, 0.15) is 19.5 Å². The predicted octanol–water partition coefficient (Wildman–Crippen LogP) is 0.0473. The fraction of sp³-hybridized carbons (Fsp3) is 0.400. The Morgan fingerprint density at radius 1 is 1.59 bits per heavy atom. The molecule has 0 aromatic carbocycles. The number of carbonyl (C=O) groups excluding carboxylic acids is 1. The second-order valence-electron chi connectivity index (χ2n) is 3.71. The maximum atomic E-state index is 11.4. The minimum absolute atomic E-state index is 0.105. The summed E-state index contributed by atoms with van der Waals surface area (Å²) in [5, 5.41) is 5.54. The molecule has 0 aliphatic carbocycles. The molecule has 1 heterocycles. The van der Waals surface area contributed by atoms with Gasteiger partial charge < -0.3 is 16.4 Å². The van der Waals surface area contributed by atoms with Crippen LogP contribution in [-0.2, 0) is 4.79 Å². The van der Waals surface area contributed by atoms with E-state index in [1.165, 1.54) is 6.20 Å². The lowest BCUT2D eigenvalue weighted by atomic mass is 10.4. The van der Waals surface area contributed by atoms with Crippen molar-refractivity contribution in [1.29, 1.82) is 0 Å². The summed E-state index contributed by atoms with van der Waals surface area (Å²) in [5.74, 6) is 0.207. The van der Waals surface area contributed by atoms with E-state index in [1.807, 2.05) is 13.8 Å². The third-order valence-electron chi connectivity index (χ3n) is 1.76. The minimum Gasteiger partial charge on any atom is -0.388 e. The molecule has 0 atom stereocenters. The maximum Gasteiger partial charge on any atom is 0.239 e. The SMILES string of the molecule is CC(C)NC(=O)CNc1nccc(C(N)=S)n1. The average Bonchev–Trinajstić information content (AvgIpc) is 2.26. The van der Waals surface area contributed by atoms with Gasteiger partial charge in [-0.1, -0.05) is 12.2 Å². The number of amides is 1. The quantitative estimate of drug-likeness (QED) is 0.642. The zero-order valence-corrected chi connectivity index (χ0v) is 10.5. The van der Waals surface area contributed by atoms with Crippen LogP contribution in [0.15, 0.2) is 12.3 Å². The van der Waals surface area contributed by atoms with Crippen LogP contribution in [0.3, 0.4) is 0 Å². The molecule has 0 radical (unpaired) electrons. The fourth-order valence-corrected chi connectivity index (χ4v) is 1.23. The lowest BCUT2D eigenvalue weighted by molar-refractivity contribution is -0.119. The van der Waals surface area contributed by atoms with Crippen LogP contribution in [0.2, 0.25) is 0 Å². The normalized spacial score (nSPS) is 10.1. The number of hydrogen-bond acceptors (Lipinski definition) is 5. The van der Waals surface area contributed by atoms with Gasteiger partial charge >= 0.3 is 0 Å². The van der Waals surface area contributed by atoms with Crippen molar-refractivity contribution in [2.24, 2.45) is 5.73 Å². The van der Waals surface area contributed by atoms with Gasteiger partial charge in [-0.2, -0.15) is 0 Å². The van der Waals surface area contributed by atoms with E-state index < -0.39 is 0 Å². The van der Waals surface area contributed by atoms with Gasteiger partial charge in [0.2, 0.25) is 11.9 Å². The number of rotatable bonds is 5. The Kier molecular flexibility index (Phi) is 4.77. The van der Waals surface area contributed by atoms with Gasteiger partial charge in [-0.05, 0) is 19.9 Å². The van der Waals surface area contributed by atoms with E-state index >= 15 is 0 Å². The summed E-state index contributed by atoms with van der Waals surface area (Å²) in [6.45, 7) is 3.89. The van der Waals surface area contributed by atoms with E-state index in [0.717, 1.165) is 0 Å². The standard InChI is InChI=1S/C10H15N5OS/c1-6(2)14-8(16)5-13-10-12-4-3-7(15-10)9(11)17/h3-4,6H,5H2,1-2H3,(H2,11,17)(H,14,16)(H,12,13,15). The van der Waals surface area contributed by atoms with Gasteiger partial charge in [0, 0.05) is 12.2 Å². The molecule has 92 valence electrons. The number of hydrogen-bond donors (Lipinski definition) is 3. The van der Waals surface area contributed by atoms with E-state index in [2.05, 4.69) is 20.6 Å². The van der Waals surface area contributed by atoms with Crippen molar-refractivity contribution in [3.05, 3.63) is 18.0 Å². The summed E-state index contributed by atoms with van der Waals surface area (Å²) in [6.07, 6.45) is 1.53. The van der Waals surface area contributed by atoms with Gasteiger partial charge in [-0.25, -0.2) is 9.97 Å². The summed E-state index contributed by atoms with van der Waals surface area (Å²) in [6, 6.07) is 1.72. The lowest BCUT2D eigenvalue weighted by Crippen LogP contribution is -2.35. The van der Waals surface area contributed by atoms with Crippen molar-refractivity contribution >= 4 is 29.1 Å². The minimum atomic E-state index is -0.121. The largest absolute Gasteiger partial charge is 0.388 e. The van der Waals surface area contributed by atoms with Crippen molar-refractivity contribution < 1.29 is 4.79 Å². The molecule has 0 spiro atoms. The fourth-order valence-electron chi connectivity index (χ4n) is 1.11. The van der Waals surface area contributed by atoms with Crippen molar-refractivity contribution in [3.8, 4) is 0 Å². The van der Waals surface area contributed by atoms with Gasteiger partial charge in [0.15, 0.2) is 0 Å². The first-order valence-corrected chi connectivity index (χ1v) is 5.56. The molecule has 0 saturated heterocycles. The Bertz CT molecular complexity index is 421. The first kappa shape index (κ1) is 13.3. The zero-order chi connectivity index (χ0) is 12.8. The third kappa shape index (κ3) is 4.73. The van der Waals surface area contributed by atoms with E-state index in [9.17, 15) is 4.79 Å². The second-order valence-corrected chi connectivity index (χ2v) is 4.15. The van der Waals surface area contributed by atoms with Gasteiger partial charge in [0.25, 0.3) is 0 Å². The highest BCUT2D eigenvalue weighted by Gasteiger charge is 2.05. The molecule has 1 rings (SSSR count). The maximum absolute atomic E-state index is 11.4. The highest BCUT2D eigenvalue weighted by molar-refractivity contribution is 7.80. The van der Waals surface area contributed by atoms with Crippen LogP contribution >= 0.6 is 12.2 Å². The van der Waals surface area contributed by atoms with Crippen molar-refractivity contribution in [1.82, 2.24) is 15.3 Å². The molecule has 7 heteroatoms. The monoisotopic (exact) mass is 253 g/mol. The Morgan fingerprint density at radius 2 is 2.29 bits per heavy atom. The number of nitrogens with zero attached hydrogens (tertiary/aromatic N) is 2. The van der Waals surface area contributed by atoms with Gasteiger partial charge in [0.1, 0.15) is 10.7 Å². The van der Waals surface area contributed by atoms with Crippen molar-refractivity contribution in [2.45, 2.75) is 19.9 Å². The number of nitrogens with two attached hydrogens (primary N) is 1. The van der Waals surface area contributed by atoms with Gasteiger partial charge in [0.05, 0.1) is 6.54 Å². The first-order chi connectivity index (χ1) is 7.99. The molecule has 0 aliphatic rings. The predicted molar refractivity (Wildman–Crippen MR) is 69.7 cm³/mol. The summed E-state index contributed by atoms with van der Waals surface area (Å²) in [5.41, 5.74) is 5.91. The van der Waals surface area contributed by atoms with E-state index in [4.69, 9.17) is 18.0 Å². The average molecular weight is 253 g/mol. The lowest BCUT2D eigenvalue weighted by Gasteiger charge is -2.09. The number of carbonyl (C=O) groups is 1. The molecule has 6 nitrogen and oxygen atoms in total. The Hall–Kier alpha value is -1.76. The first-order valence-electron chi connectivity index (χ1n) is 5.15. The van der Waals surface area contributed by atoms with Crippen molar-refractivity contribution in [2.75, 3.05) is 11.9 Å².